The summed E-state index contributed by atoms with van der Waals surface area (Å²) >= 11 is 5.45. The van der Waals surface area contributed by atoms with Gasteiger partial charge in [0.2, 0.25) is 5.91 Å². The van der Waals surface area contributed by atoms with E-state index in [9.17, 15) is 4.79 Å². The number of thioether (sulfide) groups is 2. The van der Waals surface area contributed by atoms with Crippen molar-refractivity contribution in [2.75, 3.05) is 11.1 Å². The first-order chi connectivity index (χ1) is 14.6. The Balaban J connectivity index is 1.57. The zero-order valence-corrected chi connectivity index (χ0v) is 20.5. The van der Waals surface area contributed by atoms with Gasteiger partial charge in [-0.15, -0.1) is 28.5 Å². The number of benzene rings is 2. The molecule has 8 heteroatoms. The summed E-state index contributed by atoms with van der Waals surface area (Å²) in [7, 11) is 0. The van der Waals surface area contributed by atoms with E-state index >= 15 is 0 Å². The SMILES string of the molecule is C=CCn1c(CSCc2ccccc2)nnc1SCC(=O)Nc1ccc(I)cc1C. The maximum atomic E-state index is 12.4. The molecule has 0 atom stereocenters. The van der Waals surface area contributed by atoms with Gasteiger partial charge >= 0.3 is 0 Å². The molecule has 1 heterocycles. The van der Waals surface area contributed by atoms with Gasteiger partial charge in [0.05, 0.1) is 11.5 Å². The quantitative estimate of drug-likeness (QED) is 0.204. The lowest BCUT2D eigenvalue weighted by Crippen LogP contribution is -2.15. The minimum Gasteiger partial charge on any atom is -0.325 e. The van der Waals surface area contributed by atoms with Crippen LogP contribution < -0.4 is 5.32 Å². The number of allylic oxidation sites excluding steroid dienone is 1. The molecule has 2 aromatic carbocycles. The number of rotatable bonds is 10. The summed E-state index contributed by atoms with van der Waals surface area (Å²) in [6.07, 6.45) is 1.83. The molecule has 0 spiro atoms. The van der Waals surface area contributed by atoms with E-state index in [-0.39, 0.29) is 11.7 Å². The average Bonchev–Trinajstić information content (AvgIpc) is 3.11. The van der Waals surface area contributed by atoms with Gasteiger partial charge in [0, 0.05) is 21.6 Å². The minimum atomic E-state index is -0.0579. The van der Waals surface area contributed by atoms with Gasteiger partial charge in [-0.2, -0.15) is 0 Å². The van der Waals surface area contributed by atoms with E-state index in [1.807, 2.05) is 54.0 Å². The normalized spacial score (nSPS) is 10.7. The molecule has 1 aromatic heterocycles. The number of aromatic nitrogens is 3. The van der Waals surface area contributed by atoms with Crippen LogP contribution >= 0.6 is 46.1 Å². The molecular formula is C22H23IN4OS2. The van der Waals surface area contributed by atoms with Gasteiger partial charge in [-0.1, -0.05) is 48.2 Å². The fraction of sp³-hybridized carbons (Fsp3) is 0.227. The lowest BCUT2D eigenvalue weighted by atomic mass is 10.2. The second kappa shape index (κ2) is 11.6. The highest BCUT2D eigenvalue weighted by atomic mass is 127. The van der Waals surface area contributed by atoms with Crippen LogP contribution in [0.2, 0.25) is 0 Å². The van der Waals surface area contributed by atoms with Crippen molar-refractivity contribution in [1.82, 2.24) is 14.8 Å². The molecule has 0 aliphatic rings. The van der Waals surface area contributed by atoms with Crippen LogP contribution in [0.3, 0.4) is 0 Å². The smallest absolute Gasteiger partial charge is 0.234 e. The van der Waals surface area contributed by atoms with Crippen molar-refractivity contribution < 1.29 is 4.79 Å². The molecule has 0 aliphatic carbocycles. The number of halogens is 1. The van der Waals surface area contributed by atoms with Crippen LogP contribution in [0.25, 0.3) is 0 Å². The van der Waals surface area contributed by atoms with Gasteiger partial charge in [-0.05, 0) is 58.8 Å². The molecule has 0 saturated heterocycles. The summed E-state index contributed by atoms with van der Waals surface area (Å²) < 4.78 is 3.17. The van der Waals surface area contributed by atoms with E-state index in [2.05, 4.69) is 56.8 Å². The Bertz CT molecular complexity index is 1010. The summed E-state index contributed by atoms with van der Waals surface area (Å²) in [5.74, 6) is 2.79. The highest BCUT2D eigenvalue weighted by Gasteiger charge is 2.14. The number of hydrogen-bond donors (Lipinski definition) is 1. The second-order valence-corrected chi connectivity index (χ2v) is 9.75. The van der Waals surface area contributed by atoms with E-state index in [0.29, 0.717) is 6.54 Å². The molecule has 5 nitrogen and oxygen atoms in total. The van der Waals surface area contributed by atoms with Gasteiger partial charge in [0.15, 0.2) is 5.16 Å². The third-order valence-corrected chi connectivity index (χ3v) is 6.88. The molecule has 1 N–H and O–H groups in total. The third-order valence-electron chi connectivity index (χ3n) is 4.24. The van der Waals surface area contributed by atoms with Gasteiger partial charge in [-0.25, -0.2) is 0 Å². The third kappa shape index (κ3) is 6.61. The Kier molecular flexibility index (Phi) is 8.83. The van der Waals surface area contributed by atoms with Crippen LogP contribution in [0.4, 0.5) is 5.69 Å². The molecule has 0 saturated carbocycles. The molecular weight excluding hydrogens is 527 g/mol. The van der Waals surface area contributed by atoms with Gasteiger partial charge < -0.3 is 9.88 Å². The Labute approximate surface area is 199 Å². The van der Waals surface area contributed by atoms with E-state index in [1.165, 1.54) is 17.3 Å². The van der Waals surface area contributed by atoms with Crippen LogP contribution in [0.5, 0.6) is 0 Å². The van der Waals surface area contributed by atoms with E-state index in [4.69, 9.17) is 0 Å². The average molecular weight is 550 g/mol. The predicted octanol–water partition coefficient (Wildman–Crippen LogP) is 5.54. The fourth-order valence-electron chi connectivity index (χ4n) is 2.76. The number of nitrogens with zero attached hydrogens (tertiary/aromatic N) is 3. The molecule has 0 aliphatic heterocycles. The monoisotopic (exact) mass is 550 g/mol. The van der Waals surface area contributed by atoms with Crippen LogP contribution in [0.1, 0.15) is 17.0 Å². The van der Waals surface area contributed by atoms with Crippen molar-refractivity contribution >= 4 is 57.7 Å². The first kappa shape index (κ1) is 22.9. The molecule has 1 amide bonds. The fourth-order valence-corrected chi connectivity index (χ4v) is 5.10. The number of carbonyl (C=O) groups is 1. The highest BCUT2D eigenvalue weighted by Crippen LogP contribution is 2.23. The van der Waals surface area contributed by atoms with Crippen molar-refractivity contribution in [1.29, 1.82) is 0 Å². The topological polar surface area (TPSA) is 59.8 Å². The number of hydrogen-bond acceptors (Lipinski definition) is 5. The molecule has 0 unspecified atom stereocenters. The van der Waals surface area contributed by atoms with Gasteiger partial charge in [0.25, 0.3) is 0 Å². The molecule has 3 aromatic rings. The number of carbonyl (C=O) groups excluding carboxylic acids is 1. The summed E-state index contributed by atoms with van der Waals surface area (Å²) in [5.41, 5.74) is 3.17. The number of aryl methyl sites for hydroxylation is 1. The standard InChI is InChI=1S/C22H23IN4OS2/c1-3-11-27-20(14-29-13-17-7-5-4-6-8-17)25-26-22(27)30-15-21(28)24-19-10-9-18(23)12-16(19)2/h3-10,12H,1,11,13-15H2,2H3,(H,24,28). The zero-order chi connectivity index (χ0) is 21.3. The van der Waals surface area contributed by atoms with Gasteiger partial charge in [0.1, 0.15) is 5.82 Å². The van der Waals surface area contributed by atoms with E-state index < -0.39 is 0 Å². The van der Waals surface area contributed by atoms with Crippen molar-refractivity contribution in [3.8, 4) is 0 Å². The van der Waals surface area contributed by atoms with Crippen molar-refractivity contribution in [2.45, 2.75) is 30.1 Å². The van der Waals surface area contributed by atoms with E-state index in [1.54, 1.807) is 11.8 Å². The number of nitrogens with one attached hydrogen (secondary N) is 1. The van der Waals surface area contributed by atoms with Crippen LogP contribution in [0, 0.1) is 10.5 Å². The Morgan fingerprint density at radius 1 is 1.20 bits per heavy atom. The predicted molar refractivity (Wildman–Crippen MR) is 135 cm³/mol. The maximum Gasteiger partial charge on any atom is 0.234 e. The van der Waals surface area contributed by atoms with Crippen LogP contribution in [-0.2, 0) is 22.8 Å². The van der Waals surface area contributed by atoms with Gasteiger partial charge in [-0.3, -0.25) is 4.79 Å². The lowest BCUT2D eigenvalue weighted by molar-refractivity contribution is -0.113. The Morgan fingerprint density at radius 3 is 2.73 bits per heavy atom. The number of anilines is 1. The maximum absolute atomic E-state index is 12.4. The zero-order valence-electron chi connectivity index (χ0n) is 16.7. The molecule has 0 fully saturated rings. The van der Waals surface area contributed by atoms with Crippen molar-refractivity contribution in [3.05, 3.63) is 81.7 Å². The first-order valence-electron chi connectivity index (χ1n) is 9.40. The highest BCUT2D eigenvalue weighted by molar-refractivity contribution is 14.1. The van der Waals surface area contributed by atoms with E-state index in [0.717, 1.165) is 37.3 Å². The van der Waals surface area contributed by atoms with Crippen LogP contribution in [-0.4, -0.2) is 26.4 Å². The lowest BCUT2D eigenvalue weighted by Gasteiger charge is -2.10. The first-order valence-corrected chi connectivity index (χ1v) is 12.6. The largest absolute Gasteiger partial charge is 0.325 e. The second-order valence-electron chi connectivity index (χ2n) is 6.57. The Morgan fingerprint density at radius 2 is 2.00 bits per heavy atom. The van der Waals surface area contributed by atoms with Crippen molar-refractivity contribution in [3.63, 3.8) is 0 Å². The molecule has 156 valence electrons. The Hall–Kier alpha value is -1.78. The molecule has 0 bridgehead atoms. The molecule has 3 rings (SSSR count). The summed E-state index contributed by atoms with van der Waals surface area (Å²) in [4.78, 5) is 12.4. The minimum absolute atomic E-state index is 0.0579. The number of amides is 1. The summed E-state index contributed by atoms with van der Waals surface area (Å²) in [6.45, 7) is 6.45. The summed E-state index contributed by atoms with van der Waals surface area (Å²) in [6, 6.07) is 16.3. The van der Waals surface area contributed by atoms with Crippen LogP contribution in [0.15, 0.2) is 66.3 Å². The summed E-state index contributed by atoms with van der Waals surface area (Å²) in [5, 5.41) is 12.4. The van der Waals surface area contributed by atoms with Crippen molar-refractivity contribution in [2.24, 2.45) is 0 Å². The molecule has 0 radical (unpaired) electrons. The molecule has 30 heavy (non-hydrogen) atoms.